The number of hydrogen-bond donors (Lipinski definition) is 5. The monoisotopic (exact) mass is 1470 g/mol. The van der Waals surface area contributed by atoms with Crippen molar-refractivity contribution in [2.75, 3.05) is 42.0 Å². The largest absolute Gasteiger partial charge is 0.479 e. The molecule has 39 atom stereocenters. The highest BCUT2D eigenvalue weighted by atomic mass is 19.1. The van der Waals surface area contributed by atoms with Gasteiger partial charge in [0.25, 0.3) is 0 Å². The van der Waals surface area contributed by atoms with Gasteiger partial charge in [0, 0.05) is 14.2 Å². The average molecular weight is 1470 g/mol. The topological polar surface area (TPSA) is 208 Å². The van der Waals surface area contributed by atoms with Gasteiger partial charge in [0.15, 0.2) is 18.4 Å². The molecule has 16 heteroatoms. The molecule has 14 nitrogen and oxygen atoms in total. The minimum Gasteiger partial charge on any atom is -0.479 e. The molecule has 9 unspecified atom stereocenters. The molecule has 0 amide bonds. The maximum atomic E-state index is 14.7. The third-order valence-corrected chi connectivity index (χ3v) is 35.9. The molecule has 12 aliphatic carbocycles. The van der Waals surface area contributed by atoms with E-state index in [9.17, 15) is 43.6 Å². The molecular formula is C88H150F2O14. The first-order valence-electron chi connectivity index (χ1n) is 42.6. The van der Waals surface area contributed by atoms with Crippen LogP contribution < -0.4 is 0 Å². The molecule has 5 N–H and O–H groups in total. The van der Waals surface area contributed by atoms with E-state index in [-0.39, 0.29) is 101 Å². The zero-order valence-corrected chi connectivity index (χ0v) is 68.6. The fourth-order valence-electron chi connectivity index (χ4n) is 30.6. The Balaban J connectivity index is 0.000000168. The number of carboxylic acid groups (broad SMARTS) is 1. The van der Waals surface area contributed by atoms with Gasteiger partial charge in [-0.2, -0.15) is 0 Å². The number of carbonyl (C=O) groups excluding carboxylic acids is 2. The molecule has 0 bridgehead atoms. The Morgan fingerprint density at radius 2 is 0.837 bits per heavy atom. The van der Waals surface area contributed by atoms with Gasteiger partial charge < -0.3 is 54.0 Å². The van der Waals surface area contributed by atoms with Gasteiger partial charge in [-0.05, 0) is 302 Å². The van der Waals surface area contributed by atoms with Crippen LogP contribution >= 0.6 is 0 Å². The van der Waals surface area contributed by atoms with Crippen molar-refractivity contribution in [3.8, 4) is 0 Å². The van der Waals surface area contributed by atoms with Crippen LogP contribution in [0, 0.1) is 180 Å². The van der Waals surface area contributed by atoms with E-state index in [0.717, 1.165) is 75.0 Å². The van der Waals surface area contributed by atoms with Crippen molar-refractivity contribution < 1.29 is 77.1 Å². The number of ether oxygens (including phenoxy) is 6. The number of hydrogen-bond acceptors (Lipinski definition) is 13. The lowest BCUT2D eigenvalue weighted by atomic mass is 9.39. The van der Waals surface area contributed by atoms with Crippen molar-refractivity contribution >= 4 is 17.9 Å². The van der Waals surface area contributed by atoms with Crippen LogP contribution in [-0.4, -0.2) is 134 Å². The number of halogens is 2. The summed E-state index contributed by atoms with van der Waals surface area (Å²) in [5.41, 5.74) is 0.659. The second-order valence-corrected chi connectivity index (χ2v) is 39.8. The van der Waals surface area contributed by atoms with Gasteiger partial charge in [-0.25, -0.2) is 23.2 Å². The summed E-state index contributed by atoms with van der Waals surface area (Å²) >= 11 is 0. The number of alkyl halides is 2. The fourth-order valence-corrected chi connectivity index (χ4v) is 30.6. The molecule has 12 fully saturated rings. The highest BCUT2D eigenvalue weighted by molar-refractivity contribution is 5.74. The molecule has 600 valence electrons. The lowest BCUT2D eigenvalue weighted by Crippen LogP contribution is -2.65. The summed E-state index contributed by atoms with van der Waals surface area (Å²) in [4.78, 5) is 34.9. The summed E-state index contributed by atoms with van der Waals surface area (Å²) in [6.07, 6.45) is 18.8. The van der Waals surface area contributed by atoms with Crippen molar-refractivity contribution in [1.82, 2.24) is 0 Å². The van der Waals surface area contributed by atoms with E-state index in [1.807, 2.05) is 6.92 Å². The third kappa shape index (κ3) is 14.6. The van der Waals surface area contributed by atoms with Crippen molar-refractivity contribution in [2.24, 2.45) is 180 Å². The van der Waals surface area contributed by atoms with Crippen molar-refractivity contribution in [1.29, 1.82) is 0 Å². The molecule has 12 aliphatic rings. The van der Waals surface area contributed by atoms with Crippen LogP contribution in [0.4, 0.5) is 8.78 Å². The molecule has 104 heavy (non-hydrogen) atoms. The average Bonchev–Trinajstić information content (AvgIpc) is 1.36. The summed E-state index contributed by atoms with van der Waals surface area (Å²) in [5.74, 6) is 8.53. The van der Waals surface area contributed by atoms with E-state index in [4.69, 9.17) is 33.5 Å². The standard InChI is InChI=1S/C31H53FO4.C31H54O5.C26H43FO5/c2*1-9-21-24-14-18(2)12-13-30(24,5)25-16-20(4)31(6)22(19(3)15-26(32)29(33)35-8)10-11-23(31)27(25)28(21)36-17-34-7;1-5-15-18-11-14(28)8-9-25(18,3)19-12-21(29)26(4)16(13(2)10-20(27)24(31)32)6-7-17(26)22(19)23(15)30/h18-28H,9-17H2,1-8H3;18-28,32H,9-17H2,1-8H3;13-23,28-30H,5-12H2,1-4H3,(H,31,32)/t18-,19-,20+,21-,22-,23?,24+,25?,26-,27?,28-,30+,31-;18-,19-,20+,21-,22-,23?,24+,25?,26+,27?,28-,30+,31-;13-,14-,15-,16-,17?,18+,19?,20-,21+,22?,23-,25+,26-/m111/s1. The number of aliphatic carboxylic acids is 1. The third-order valence-electron chi connectivity index (χ3n) is 35.9. The summed E-state index contributed by atoms with van der Waals surface area (Å²) < 4.78 is 62.6. The lowest BCUT2D eigenvalue weighted by Gasteiger charge is -2.67. The van der Waals surface area contributed by atoms with Crippen molar-refractivity contribution in [3.63, 3.8) is 0 Å². The predicted octanol–water partition coefficient (Wildman–Crippen LogP) is 17.7. The SMILES string of the molecule is CC[C@H]1[C@@H](O)C2C3CC[C@H]([C@H](C)C[C@@H](F)C(=O)O)[C@@]3(C)[C@@H](O)CC2[C@@]2(C)CC[C@@H](O)C[C@@H]12.CC[C@H]1[C@@H](OCOC)C2C3CC[C@H]([C@H](C)C[C@@H](F)C(=O)OC)[C@@]3(C)[C@@H](C)CC2[C@@]2(C)CC[C@@H](C)C[C@@H]12.CC[C@H]1[C@@H](OCOC)C2C3CC[C@H]([C@H](C)C[C@H](O)C(=O)OC)[C@@]3(C)[C@@H](C)CC2[C@@]2(C)CC[C@@H](C)C[C@@H]12. The van der Waals surface area contributed by atoms with Crippen LogP contribution in [0.25, 0.3) is 0 Å². The maximum Gasteiger partial charge on any atom is 0.340 e. The van der Waals surface area contributed by atoms with E-state index in [1.54, 1.807) is 14.2 Å². The van der Waals surface area contributed by atoms with Gasteiger partial charge in [0.05, 0.1) is 44.7 Å². The van der Waals surface area contributed by atoms with Crippen LogP contribution in [0.3, 0.4) is 0 Å². The summed E-state index contributed by atoms with van der Waals surface area (Å²) in [5, 5.41) is 53.2. The van der Waals surface area contributed by atoms with E-state index >= 15 is 0 Å². The zero-order valence-electron chi connectivity index (χ0n) is 68.6. The Bertz CT molecular complexity index is 2720. The highest BCUT2D eigenvalue weighted by Gasteiger charge is 2.71. The number of aliphatic hydroxyl groups is 4. The Hall–Kier alpha value is -2.05. The van der Waals surface area contributed by atoms with Gasteiger partial charge in [-0.1, -0.05) is 143 Å². The number of methoxy groups -OCH3 is 4. The summed E-state index contributed by atoms with van der Waals surface area (Å²) in [6, 6.07) is 0. The molecule has 0 aromatic carbocycles. The smallest absolute Gasteiger partial charge is 0.340 e. The number of carboxylic acids is 1. The number of fused-ring (bicyclic) bond motifs is 15. The fraction of sp³-hybridized carbons (Fsp3) is 0.966. The number of rotatable bonds is 21. The normalized spacial score (nSPS) is 49.3. The first-order chi connectivity index (χ1) is 49.0. The quantitative estimate of drug-likeness (QED) is 0.0535. The molecule has 0 aromatic heterocycles. The van der Waals surface area contributed by atoms with E-state index in [2.05, 4.69) is 104 Å². The summed E-state index contributed by atoms with van der Waals surface area (Å²) in [7, 11) is 6.13. The minimum absolute atomic E-state index is 0.00313. The molecule has 0 radical (unpaired) electrons. The van der Waals surface area contributed by atoms with Crippen molar-refractivity contribution in [2.45, 2.75) is 314 Å². The molecular weight excluding hydrogens is 1320 g/mol. The molecule has 0 saturated heterocycles. The number of aliphatic hydroxyl groups excluding tert-OH is 4. The Labute approximate surface area is 628 Å². The number of carbonyl (C=O) groups is 3. The zero-order chi connectivity index (χ0) is 76.4. The number of esters is 2. The predicted molar refractivity (Wildman–Crippen MR) is 402 cm³/mol. The van der Waals surface area contributed by atoms with Crippen molar-refractivity contribution in [3.05, 3.63) is 0 Å². The molecule has 12 rings (SSSR count). The second-order valence-electron chi connectivity index (χ2n) is 39.8. The molecule has 0 heterocycles. The van der Waals surface area contributed by atoms with Gasteiger partial charge in [-0.15, -0.1) is 0 Å². The van der Waals surface area contributed by atoms with Gasteiger partial charge in [0.1, 0.15) is 13.6 Å². The Morgan fingerprint density at radius 1 is 0.452 bits per heavy atom. The highest BCUT2D eigenvalue weighted by Crippen LogP contribution is 2.75. The van der Waals surface area contributed by atoms with Crippen LogP contribution in [0.1, 0.15) is 265 Å². The molecule has 0 spiro atoms. The van der Waals surface area contributed by atoms with Gasteiger partial charge in [-0.3, -0.25) is 0 Å². The van der Waals surface area contributed by atoms with E-state index < -0.39 is 54.0 Å². The van der Waals surface area contributed by atoms with Crippen LogP contribution in [0.5, 0.6) is 0 Å². The van der Waals surface area contributed by atoms with Gasteiger partial charge in [0.2, 0.25) is 0 Å². The Morgan fingerprint density at radius 3 is 1.25 bits per heavy atom. The lowest BCUT2D eigenvalue weighted by molar-refractivity contribution is -0.240. The van der Waals surface area contributed by atoms with E-state index in [0.29, 0.717) is 108 Å². The van der Waals surface area contributed by atoms with Crippen LogP contribution in [0.15, 0.2) is 0 Å². The molecule has 0 aromatic rings. The maximum absolute atomic E-state index is 14.7. The first kappa shape index (κ1) is 84.4. The second kappa shape index (κ2) is 33.3. The van der Waals surface area contributed by atoms with Crippen LogP contribution in [0.2, 0.25) is 0 Å². The Kier molecular flexibility index (Phi) is 27.0. The van der Waals surface area contributed by atoms with E-state index in [1.165, 1.54) is 91.3 Å². The van der Waals surface area contributed by atoms with Gasteiger partial charge >= 0.3 is 17.9 Å². The summed E-state index contributed by atoms with van der Waals surface area (Å²) in [6.45, 7) is 38.6. The molecule has 12 saturated carbocycles. The van der Waals surface area contributed by atoms with Crippen LogP contribution in [-0.2, 0) is 42.8 Å². The minimum atomic E-state index is -1.88. The molecule has 0 aliphatic heterocycles. The first-order valence-corrected chi connectivity index (χ1v) is 42.6.